The Bertz CT molecular complexity index is 989. The van der Waals surface area contributed by atoms with Gasteiger partial charge in [0.25, 0.3) is 5.91 Å². The molecular weight excluding hydrogens is 416 g/mol. The second-order valence-corrected chi connectivity index (χ2v) is 10.4. The molecule has 32 heavy (non-hydrogen) atoms. The molecule has 2 aromatic carbocycles. The molecule has 0 saturated heterocycles. The Balaban J connectivity index is 1.37. The summed E-state index contributed by atoms with van der Waals surface area (Å²) in [5, 5.41) is 6.33. The van der Waals surface area contributed by atoms with Crippen molar-refractivity contribution < 1.29 is 9.59 Å². The molecule has 0 heterocycles. The van der Waals surface area contributed by atoms with Crippen LogP contribution in [0.1, 0.15) is 61.0 Å². The molecule has 4 rings (SSSR count). The summed E-state index contributed by atoms with van der Waals surface area (Å²) in [6, 6.07) is 13.8. The first-order valence-corrected chi connectivity index (χ1v) is 12.9. The number of para-hydroxylation sites is 1. The van der Waals surface area contributed by atoms with Crippen LogP contribution in [-0.2, 0) is 11.2 Å². The molecule has 2 bridgehead atoms. The highest BCUT2D eigenvalue weighted by Crippen LogP contribution is 2.49. The number of thioether (sulfide) groups is 1. The maximum atomic E-state index is 13.1. The smallest absolute Gasteiger partial charge is 0.256 e. The average Bonchev–Trinajstić information content (AvgIpc) is 3.43. The second-order valence-electron chi connectivity index (χ2n) is 9.40. The van der Waals surface area contributed by atoms with Gasteiger partial charge in [-0.2, -0.15) is 0 Å². The largest absolute Gasteiger partial charge is 0.353 e. The highest BCUT2D eigenvalue weighted by Gasteiger charge is 2.42. The molecule has 5 heteroatoms. The van der Waals surface area contributed by atoms with Gasteiger partial charge in [0, 0.05) is 16.6 Å². The molecule has 4 unspecified atom stereocenters. The van der Waals surface area contributed by atoms with Gasteiger partial charge in [0.05, 0.1) is 11.3 Å². The average molecular weight is 451 g/mol. The summed E-state index contributed by atoms with van der Waals surface area (Å²) in [6.07, 6.45) is 6.17. The lowest BCUT2D eigenvalue weighted by atomic mass is 9.84. The van der Waals surface area contributed by atoms with Crippen molar-refractivity contribution in [3.8, 4) is 0 Å². The number of rotatable bonds is 8. The Morgan fingerprint density at radius 1 is 1.09 bits per heavy atom. The lowest BCUT2D eigenvalue weighted by molar-refractivity contribution is -0.119. The number of carbonyl (C=O) groups is 2. The standard InChI is InChI=1S/C27H34N2O2S/c1-4-20-9-7-8-17(2)26(20)29-27(31)22-10-5-6-11-24(22)32-16-25(30)28-18(3)23-15-19-12-13-21(23)14-19/h5-11,18-19,21,23H,4,12-16H2,1-3H3,(H,28,30)(H,29,31). The summed E-state index contributed by atoms with van der Waals surface area (Å²) in [7, 11) is 0. The third kappa shape index (κ3) is 5.03. The Morgan fingerprint density at radius 2 is 1.91 bits per heavy atom. The van der Waals surface area contributed by atoms with Gasteiger partial charge >= 0.3 is 0 Å². The van der Waals surface area contributed by atoms with Gasteiger partial charge in [-0.15, -0.1) is 11.8 Å². The third-order valence-corrected chi connectivity index (χ3v) is 8.37. The number of aryl methyl sites for hydroxylation is 2. The zero-order valence-electron chi connectivity index (χ0n) is 19.3. The number of hydrogen-bond acceptors (Lipinski definition) is 3. The Kier molecular flexibility index (Phi) is 7.24. The summed E-state index contributed by atoms with van der Waals surface area (Å²) >= 11 is 1.44. The van der Waals surface area contributed by atoms with Crippen LogP contribution in [0.4, 0.5) is 5.69 Å². The first-order chi connectivity index (χ1) is 15.5. The number of benzene rings is 2. The van der Waals surface area contributed by atoms with E-state index in [-0.39, 0.29) is 17.9 Å². The van der Waals surface area contributed by atoms with Gasteiger partial charge in [-0.05, 0) is 80.5 Å². The Morgan fingerprint density at radius 3 is 2.62 bits per heavy atom. The molecule has 2 saturated carbocycles. The molecule has 2 amide bonds. The topological polar surface area (TPSA) is 58.2 Å². The molecule has 0 spiro atoms. The summed E-state index contributed by atoms with van der Waals surface area (Å²) in [5.74, 6) is 2.54. The molecular formula is C27H34N2O2S. The first-order valence-electron chi connectivity index (χ1n) is 11.9. The zero-order valence-corrected chi connectivity index (χ0v) is 20.1. The van der Waals surface area contributed by atoms with Crippen molar-refractivity contribution in [1.82, 2.24) is 5.32 Å². The minimum Gasteiger partial charge on any atom is -0.353 e. The lowest BCUT2D eigenvalue weighted by Gasteiger charge is -2.28. The van der Waals surface area contributed by atoms with Gasteiger partial charge in [0.1, 0.15) is 0 Å². The van der Waals surface area contributed by atoms with Crippen LogP contribution in [0.2, 0.25) is 0 Å². The van der Waals surface area contributed by atoms with E-state index < -0.39 is 0 Å². The maximum Gasteiger partial charge on any atom is 0.256 e. The Labute approximate surface area is 195 Å². The van der Waals surface area contributed by atoms with Crippen LogP contribution in [0.3, 0.4) is 0 Å². The molecule has 0 aliphatic heterocycles. The van der Waals surface area contributed by atoms with Crippen LogP contribution in [0, 0.1) is 24.7 Å². The molecule has 4 nitrogen and oxygen atoms in total. The lowest BCUT2D eigenvalue weighted by Crippen LogP contribution is -2.40. The number of hydrogen-bond donors (Lipinski definition) is 2. The molecule has 4 atom stereocenters. The number of anilines is 1. The fourth-order valence-corrected chi connectivity index (χ4v) is 6.48. The first kappa shape index (κ1) is 22.9. The molecule has 2 N–H and O–H groups in total. The van der Waals surface area contributed by atoms with Gasteiger partial charge in [0.2, 0.25) is 5.91 Å². The normalized spacial score (nSPS) is 22.5. The van der Waals surface area contributed by atoms with Crippen molar-refractivity contribution in [3.05, 3.63) is 59.2 Å². The molecule has 0 radical (unpaired) electrons. The van der Waals surface area contributed by atoms with Gasteiger partial charge in [-0.1, -0.05) is 43.7 Å². The van der Waals surface area contributed by atoms with Crippen molar-refractivity contribution in [1.29, 1.82) is 0 Å². The summed E-state index contributed by atoms with van der Waals surface area (Å²) in [6.45, 7) is 6.25. The quantitative estimate of drug-likeness (QED) is 0.497. The summed E-state index contributed by atoms with van der Waals surface area (Å²) in [4.78, 5) is 26.6. The molecule has 2 fully saturated rings. The monoisotopic (exact) mass is 450 g/mol. The SMILES string of the molecule is CCc1cccc(C)c1NC(=O)c1ccccc1SCC(=O)NC(C)C1CC2CCC1C2. The van der Waals surface area contributed by atoms with E-state index >= 15 is 0 Å². The molecule has 2 aliphatic rings. The molecule has 2 aromatic rings. The Hall–Kier alpha value is -2.27. The number of carbonyl (C=O) groups excluding carboxylic acids is 2. The minimum atomic E-state index is -0.132. The van der Waals surface area contributed by atoms with Crippen molar-refractivity contribution in [2.45, 2.75) is 63.8 Å². The van der Waals surface area contributed by atoms with E-state index in [9.17, 15) is 9.59 Å². The van der Waals surface area contributed by atoms with Crippen molar-refractivity contribution >= 4 is 29.3 Å². The van der Waals surface area contributed by atoms with E-state index in [0.717, 1.165) is 40.0 Å². The molecule has 170 valence electrons. The maximum absolute atomic E-state index is 13.1. The van der Waals surface area contributed by atoms with Gasteiger partial charge in [-0.3, -0.25) is 9.59 Å². The highest BCUT2D eigenvalue weighted by molar-refractivity contribution is 8.00. The molecule has 2 aliphatic carbocycles. The van der Waals surface area contributed by atoms with Crippen LogP contribution >= 0.6 is 11.8 Å². The van der Waals surface area contributed by atoms with E-state index in [1.165, 1.54) is 37.4 Å². The van der Waals surface area contributed by atoms with Gasteiger partial charge in [-0.25, -0.2) is 0 Å². The molecule has 0 aromatic heterocycles. The van der Waals surface area contributed by atoms with Crippen LogP contribution in [0.5, 0.6) is 0 Å². The van der Waals surface area contributed by atoms with Crippen LogP contribution in [0.25, 0.3) is 0 Å². The third-order valence-electron chi connectivity index (χ3n) is 7.29. The second kappa shape index (κ2) is 10.1. The number of amides is 2. The fraction of sp³-hybridized carbons (Fsp3) is 0.481. The minimum absolute atomic E-state index is 0.0488. The summed E-state index contributed by atoms with van der Waals surface area (Å²) in [5.41, 5.74) is 3.67. The highest BCUT2D eigenvalue weighted by atomic mass is 32.2. The van der Waals surface area contributed by atoms with Crippen LogP contribution in [0.15, 0.2) is 47.4 Å². The fourth-order valence-electron chi connectivity index (χ4n) is 5.62. The number of fused-ring (bicyclic) bond motifs is 2. The van der Waals surface area contributed by atoms with Gasteiger partial charge in [0.15, 0.2) is 0 Å². The van der Waals surface area contributed by atoms with E-state index in [4.69, 9.17) is 0 Å². The van der Waals surface area contributed by atoms with Crippen molar-refractivity contribution in [2.75, 3.05) is 11.1 Å². The summed E-state index contributed by atoms with van der Waals surface area (Å²) < 4.78 is 0. The van der Waals surface area contributed by atoms with Crippen molar-refractivity contribution in [2.24, 2.45) is 17.8 Å². The van der Waals surface area contributed by atoms with E-state index in [1.807, 2.05) is 49.4 Å². The van der Waals surface area contributed by atoms with E-state index in [0.29, 0.717) is 17.2 Å². The predicted molar refractivity (Wildman–Crippen MR) is 132 cm³/mol. The van der Waals surface area contributed by atoms with Crippen LogP contribution < -0.4 is 10.6 Å². The van der Waals surface area contributed by atoms with E-state index in [1.54, 1.807) is 0 Å². The van der Waals surface area contributed by atoms with Gasteiger partial charge < -0.3 is 10.6 Å². The van der Waals surface area contributed by atoms with Crippen LogP contribution in [-0.4, -0.2) is 23.6 Å². The van der Waals surface area contributed by atoms with Crippen molar-refractivity contribution in [3.63, 3.8) is 0 Å². The van der Waals surface area contributed by atoms with E-state index in [2.05, 4.69) is 24.5 Å². The zero-order chi connectivity index (χ0) is 22.7. The predicted octanol–water partition coefficient (Wildman–Crippen LogP) is 5.84. The number of nitrogens with one attached hydrogen (secondary N) is 2.